The summed E-state index contributed by atoms with van der Waals surface area (Å²) in [5, 5.41) is 3.01. The minimum absolute atomic E-state index is 0.0301. The van der Waals surface area contributed by atoms with E-state index < -0.39 is 0 Å². The molecule has 2 rings (SSSR count). The van der Waals surface area contributed by atoms with Crippen LogP contribution in [0.15, 0.2) is 29.2 Å². The average molecular weight is 279 g/mol. The van der Waals surface area contributed by atoms with Crippen molar-refractivity contribution in [1.29, 1.82) is 0 Å². The predicted molar refractivity (Wildman–Crippen MR) is 79.9 cm³/mol. The maximum absolute atomic E-state index is 12.1. The first kappa shape index (κ1) is 14.4. The quantitative estimate of drug-likeness (QED) is 0.809. The highest BCUT2D eigenvalue weighted by Gasteiger charge is 2.22. The Morgan fingerprint density at radius 3 is 2.95 bits per heavy atom. The Bertz CT molecular complexity index is 452. The summed E-state index contributed by atoms with van der Waals surface area (Å²) in [7, 11) is 4.23. The first-order chi connectivity index (χ1) is 9.06. The number of amides is 1. The maximum Gasteiger partial charge on any atom is 0.251 e. The van der Waals surface area contributed by atoms with E-state index in [1.54, 1.807) is 6.07 Å². The van der Waals surface area contributed by atoms with Gasteiger partial charge in [0.15, 0.2) is 0 Å². The molecule has 0 radical (unpaired) electrons. The molecule has 0 saturated carbocycles. The molecule has 0 bridgehead atoms. The van der Waals surface area contributed by atoms with Gasteiger partial charge in [0.1, 0.15) is 0 Å². The van der Waals surface area contributed by atoms with E-state index in [-0.39, 0.29) is 5.91 Å². The van der Waals surface area contributed by atoms with Crippen LogP contribution in [0.3, 0.4) is 0 Å². The van der Waals surface area contributed by atoms with Gasteiger partial charge in [0.25, 0.3) is 5.91 Å². The molecule has 4 nitrogen and oxygen atoms in total. The van der Waals surface area contributed by atoms with Crippen LogP contribution in [0, 0.1) is 0 Å². The highest BCUT2D eigenvalue weighted by Crippen LogP contribution is 2.09. The van der Waals surface area contributed by atoms with Gasteiger partial charge in [-0.3, -0.25) is 9.69 Å². The number of piperazine rings is 1. The molecule has 1 aromatic carbocycles. The Kier molecular flexibility index (Phi) is 4.85. The van der Waals surface area contributed by atoms with Crippen LogP contribution in [0.1, 0.15) is 10.4 Å². The molecule has 1 amide bonds. The van der Waals surface area contributed by atoms with E-state index in [2.05, 4.69) is 41.8 Å². The van der Waals surface area contributed by atoms with Crippen molar-refractivity contribution in [3.63, 3.8) is 0 Å². The second-order valence-corrected chi connectivity index (χ2v) is 5.67. The van der Waals surface area contributed by atoms with Crippen molar-refractivity contribution in [2.24, 2.45) is 0 Å². The van der Waals surface area contributed by atoms with E-state index in [1.165, 1.54) is 0 Å². The summed E-state index contributed by atoms with van der Waals surface area (Å²) in [6.07, 6.45) is 0. The van der Waals surface area contributed by atoms with Gasteiger partial charge in [-0.25, -0.2) is 0 Å². The fourth-order valence-electron chi connectivity index (χ4n) is 2.28. The predicted octanol–water partition coefficient (Wildman–Crippen LogP) is 0.951. The molecule has 1 N–H and O–H groups in total. The number of benzene rings is 1. The smallest absolute Gasteiger partial charge is 0.251 e. The third kappa shape index (κ3) is 3.96. The number of likely N-dealkylation sites (N-methyl/N-ethyl adjacent to an activating group) is 2. The Morgan fingerprint density at radius 1 is 1.42 bits per heavy atom. The molecule has 1 saturated heterocycles. The monoisotopic (exact) mass is 279 g/mol. The van der Waals surface area contributed by atoms with Crippen LogP contribution in [0.4, 0.5) is 0 Å². The molecule has 1 aliphatic heterocycles. The van der Waals surface area contributed by atoms with Gasteiger partial charge < -0.3 is 10.2 Å². The van der Waals surface area contributed by atoms with Crippen molar-refractivity contribution in [2.75, 3.05) is 40.3 Å². The van der Waals surface area contributed by atoms with Gasteiger partial charge in [-0.2, -0.15) is 0 Å². The van der Waals surface area contributed by atoms with Gasteiger partial charge in [-0.15, -0.1) is 12.6 Å². The average Bonchev–Trinajstić information content (AvgIpc) is 2.39. The molecule has 104 valence electrons. The van der Waals surface area contributed by atoms with Crippen molar-refractivity contribution >= 4 is 18.5 Å². The second kappa shape index (κ2) is 6.41. The number of nitrogens with one attached hydrogen (secondary N) is 1. The largest absolute Gasteiger partial charge is 0.350 e. The molecule has 1 fully saturated rings. The Morgan fingerprint density at radius 2 is 2.21 bits per heavy atom. The minimum atomic E-state index is -0.0301. The molecule has 1 unspecified atom stereocenters. The van der Waals surface area contributed by atoms with E-state index in [9.17, 15) is 4.79 Å². The fraction of sp³-hybridized carbons (Fsp3) is 0.500. The molecular formula is C14H21N3OS. The number of hydrogen-bond acceptors (Lipinski definition) is 4. The van der Waals surface area contributed by atoms with Crippen molar-refractivity contribution in [3.05, 3.63) is 29.8 Å². The molecular weight excluding hydrogens is 258 g/mol. The lowest BCUT2D eigenvalue weighted by Crippen LogP contribution is -2.54. The van der Waals surface area contributed by atoms with Crippen LogP contribution >= 0.6 is 12.6 Å². The van der Waals surface area contributed by atoms with Crippen molar-refractivity contribution < 1.29 is 4.79 Å². The van der Waals surface area contributed by atoms with E-state index in [1.807, 2.05) is 18.2 Å². The molecule has 0 aliphatic carbocycles. The van der Waals surface area contributed by atoms with Crippen LogP contribution in [0.5, 0.6) is 0 Å². The van der Waals surface area contributed by atoms with Gasteiger partial charge in [-0.05, 0) is 32.3 Å². The Balaban J connectivity index is 1.89. The second-order valence-electron chi connectivity index (χ2n) is 5.16. The Labute approximate surface area is 120 Å². The number of hydrogen-bond donors (Lipinski definition) is 2. The van der Waals surface area contributed by atoms with Crippen LogP contribution in [0.25, 0.3) is 0 Å². The first-order valence-corrected chi connectivity index (χ1v) is 6.97. The van der Waals surface area contributed by atoms with Crippen molar-refractivity contribution in [3.8, 4) is 0 Å². The van der Waals surface area contributed by atoms with Gasteiger partial charge in [0, 0.05) is 42.7 Å². The van der Waals surface area contributed by atoms with Crippen LogP contribution in [-0.2, 0) is 0 Å². The minimum Gasteiger partial charge on any atom is -0.350 e. The molecule has 1 aliphatic rings. The zero-order valence-electron chi connectivity index (χ0n) is 11.5. The summed E-state index contributed by atoms with van der Waals surface area (Å²) in [5.41, 5.74) is 0.666. The highest BCUT2D eigenvalue weighted by molar-refractivity contribution is 7.80. The number of carbonyl (C=O) groups excluding carboxylic acids is 1. The molecule has 0 spiro atoms. The molecule has 1 atom stereocenters. The zero-order valence-corrected chi connectivity index (χ0v) is 12.4. The molecule has 1 aromatic rings. The van der Waals surface area contributed by atoms with Gasteiger partial charge >= 0.3 is 0 Å². The number of thiol groups is 1. The summed E-state index contributed by atoms with van der Waals surface area (Å²) in [5.74, 6) is -0.0301. The lowest BCUT2D eigenvalue weighted by molar-refractivity contribution is 0.0881. The van der Waals surface area contributed by atoms with Gasteiger partial charge in [0.2, 0.25) is 0 Å². The van der Waals surface area contributed by atoms with Gasteiger partial charge in [0.05, 0.1) is 0 Å². The Hall–Kier alpha value is -1.04. The summed E-state index contributed by atoms with van der Waals surface area (Å²) in [6, 6.07) is 7.68. The maximum atomic E-state index is 12.1. The van der Waals surface area contributed by atoms with Crippen molar-refractivity contribution in [2.45, 2.75) is 10.9 Å². The molecule has 5 heteroatoms. The summed E-state index contributed by atoms with van der Waals surface area (Å²) in [6.45, 7) is 3.80. The zero-order chi connectivity index (χ0) is 13.8. The SMILES string of the molecule is CN1CCN(C)C(CNC(=O)c2cccc(S)c2)C1. The summed E-state index contributed by atoms with van der Waals surface area (Å²) in [4.78, 5) is 17.5. The van der Waals surface area contributed by atoms with Crippen LogP contribution in [-0.4, -0.2) is 62.0 Å². The van der Waals surface area contributed by atoms with Crippen LogP contribution in [0.2, 0.25) is 0 Å². The summed E-state index contributed by atoms with van der Waals surface area (Å²) < 4.78 is 0. The van der Waals surface area contributed by atoms with Gasteiger partial charge in [-0.1, -0.05) is 6.07 Å². The van der Waals surface area contributed by atoms with Crippen molar-refractivity contribution in [1.82, 2.24) is 15.1 Å². The number of nitrogens with zero attached hydrogens (tertiary/aromatic N) is 2. The normalized spacial score (nSPS) is 21.3. The topological polar surface area (TPSA) is 35.6 Å². The highest BCUT2D eigenvalue weighted by atomic mass is 32.1. The lowest BCUT2D eigenvalue weighted by atomic mass is 10.1. The van der Waals surface area contributed by atoms with E-state index in [4.69, 9.17) is 0 Å². The third-order valence-corrected chi connectivity index (χ3v) is 3.86. The molecule has 19 heavy (non-hydrogen) atoms. The first-order valence-electron chi connectivity index (χ1n) is 6.52. The third-order valence-electron chi connectivity index (χ3n) is 3.59. The summed E-state index contributed by atoms with van der Waals surface area (Å²) >= 11 is 4.25. The van der Waals surface area contributed by atoms with E-state index in [0.717, 1.165) is 24.5 Å². The molecule has 0 aromatic heterocycles. The standard InChI is InChI=1S/C14H21N3OS/c1-16-6-7-17(2)12(10-16)9-15-14(18)11-4-3-5-13(19)8-11/h3-5,8,12,19H,6-7,9-10H2,1-2H3,(H,15,18). The van der Waals surface area contributed by atoms with E-state index >= 15 is 0 Å². The molecule has 1 heterocycles. The number of rotatable bonds is 3. The fourth-order valence-corrected chi connectivity index (χ4v) is 2.51. The van der Waals surface area contributed by atoms with Crippen LogP contribution < -0.4 is 5.32 Å². The number of carbonyl (C=O) groups is 1. The lowest BCUT2D eigenvalue weighted by Gasteiger charge is -2.37. The van der Waals surface area contributed by atoms with E-state index in [0.29, 0.717) is 18.2 Å².